The van der Waals surface area contributed by atoms with Crippen molar-refractivity contribution in [1.29, 1.82) is 0 Å². The van der Waals surface area contributed by atoms with Gasteiger partial charge in [-0.25, -0.2) is 0 Å². The van der Waals surface area contributed by atoms with E-state index in [4.69, 9.17) is 4.74 Å². The third kappa shape index (κ3) is 2.30. The number of rotatable bonds is 2. The van der Waals surface area contributed by atoms with Crippen LogP contribution in [0.4, 0.5) is 5.69 Å². The van der Waals surface area contributed by atoms with Crippen LogP contribution in [0.25, 0.3) is 0 Å². The number of nitrogens with zero attached hydrogens (tertiary/aromatic N) is 1. The van der Waals surface area contributed by atoms with E-state index in [0.29, 0.717) is 0 Å². The van der Waals surface area contributed by atoms with Gasteiger partial charge in [0.1, 0.15) is 11.9 Å². The minimum atomic E-state index is 0.241. The second-order valence-electron chi connectivity index (χ2n) is 5.47. The molecule has 4 rings (SSSR count). The summed E-state index contributed by atoms with van der Waals surface area (Å²) >= 11 is 1.89. The highest BCUT2D eigenvalue weighted by Gasteiger charge is 2.24. The molecule has 0 saturated carbocycles. The zero-order chi connectivity index (χ0) is 13.4. The van der Waals surface area contributed by atoms with Crippen LogP contribution in [0.3, 0.4) is 0 Å². The van der Waals surface area contributed by atoms with E-state index in [2.05, 4.69) is 27.7 Å². The Morgan fingerprint density at radius 2 is 2.25 bits per heavy atom. The molecular formula is C16H18N2OS. The van der Waals surface area contributed by atoms with Gasteiger partial charge in [-0.3, -0.25) is 4.90 Å². The molecule has 3 nitrogen and oxygen atoms in total. The summed E-state index contributed by atoms with van der Waals surface area (Å²) in [5.74, 6) is 0.983. The predicted molar refractivity (Wildman–Crippen MR) is 82.6 cm³/mol. The van der Waals surface area contributed by atoms with Gasteiger partial charge >= 0.3 is 0 Å². The molecule has 20 heavy (non-hydrogen) atoms. The Balaban J connectivity index is 1.42. The normalized spacial score (nSPS) is 21.5. The lowest BCUT2D eigenvalue weighted by Crippen LogP contribution is -2.43. The molecule has 0 radical (unpaired) electrons. The quantitative estimate of drug-likeness (QED) is 0.918. The fourth-order valence-corrected chi connectivity index (χ4v) is 3.90. The van der Waals surface area contributed by atoms with Gasteiger partial charge in [0.05, 0.1) is 12.2 Å². The first-order valence-electron chi connectivity index (χ1n) is 7.15. The first-order valence-corrected chi connectivity index (χ1v) is 8.03. The number of thiophene rings is 1. The number of ether oxygens (including phenoxy) is 1. The van der Waals surface area contributed by atoms with Crippen LogP contribution in [0.5, 0.6) is 5.75 Å². The van der Waals surface area contributed by atoms with E-state index in [9.17, 15) is 0 Å². The second kappa shape index (κ2) is 5.11. The van der Waals surface area contributed by atoms with Crippen LogP contribution in [-0.2, 0) is 13.0 Å². The van der Waals surface area contributed by atoms with Crippen molar-refractivity contribution in [2.45, 2.75) is 19.1 Å². The molecule has 0 amide bonds. The van der Waals surface area contributed by atoms with Crippen LogP contribution in [0.15, 0.2) is 35.7 Å². The van der Waals surface area contributed by atoms with Crippen molar-refractivity contribution in [2.75, 3.05) is 25.0 Å². The maximum atomic E-state index is 6.10. The molecule has 2 aromatic rings. The van der Waals surface area contributed by atoms with Crippen LogP contribution in [0.1, 0.15) is 10.4 Å². The second-order valence-corrected chi connectivity index (χ2v) is 6.47. The molecule has 1 unspecified atom stereocenters. The van der Waals surface area contributed by atoms with Crippen LogP contribution >= 0.6 is 11.3 Å². The Morgan fingerprint density at radius 1 is 1.30 bits per heavy atom. The zero-order valence-electron chi connectivity index (χ0n) is 11.3. The molecule has 104 valence electrons. The smallest absolute Gasteiger partial charge is 0.142 e. The van der Waals surface area contributed by atoms with Crippen molar-refractivity contribution < 1.29 is 4.74 Å². The number of anilines is 1. The Hall–Kier alpha value is -1.52. The van der Waals surface area contributed by atoms with Gasteiger partial charge < -0.3 is 10.1 Å². The molecule has 0 spiro atoms. The molecule has 4 heteroatoms. The molecule has 0 saturated heterocycles. The highest BCUT2D eigenvalue weighted by molar-refractivity contribution is 7.10. The van der Waals surface area contributed by atoms with Gasteiger partial charge in [0.25, 0.3) is 0 Å². The summed E-state index contributed by atoms with van der Waals surface area (Å²) < 4.78 is 6.10. The molecule has 0 aliphatic carbocycles. The van der Waals surface area contributed by atoms with Gasteiger partial charge in [0, 0.05) is 24.5 Å². The van der Waals surface area contributed by atoms with Crippen molar-refractivity contribution in [3.63, 3.8) is 0 Å². The monoisotopic (exact) mass is 286 g/mol. The molecule has 3 heterocycles. The molecule has 2 aliphatic heterocycles. The highest BCUT2D eigenvalue weighted by atomic mass is 32.1. The lowest BCUT2D eigenvalue weighted by Gasteiger charge is -2.33. The van der Waals surface area contributed by atoms with Crippen LogP contribution in [0.2, 0.25) is 0 Å². The number of fused-ring (bicyclic) bond motifs is 2. The Bertz CT molecular complexity index is 610. The SMILES string of the molecule is c1ccc2c(c1)NCC(CN1CCc3sccc3C1)O2. The Labute approximate surface area is 123 Å². The van der Waals surface area contributed by atoms with Crippen LogP contribution in [0, 0.1) is 0 Å². The zero-order valence-corrected chi connectivity index (χ0v) is 12.2. The van der Waals surface area contributed by atoms with E-state index in [1.54, 1.807) is 4.88 Å². The third-order valence-corrected chi connectivity index (χ3v) is 5.07. The van der Waals surface area contributed by atoms with Gasteiger partial charge in [0.15, 0.2) is 0 Å². The van der Waals surface area contributed by atoms with E-state index in [1.807, 2.05) is 29.5 Å². The minimum Gasteiger partial charge on any atom is -0.485 e. The Kier molecular flexibility index (Phi) is 3.13. The molecule has 0 fully saturated rings. The average Bonchev–Trinajstić information content (AvgIpc) is 2.95. The van der Waals surface area contributed by atoms with Crippen molar-refractivity contribution in [3.05, 3.63) is 46.2 Å². The molecule has 1 aromatic carbocycles. The van der Waals surface area contributed by atoms with Crippen molar-refractivity contribution in [3.8, 4) is 5.75 Å². The first-order chi connectivity index (χ1) is 9.88. The predicted octanol–water partition coefficient (Wildman–Crippen LogP) is 2.98. The summed E-state index contributed by atoms with van der Waals surface area (Å²) in [4.78, 5) is 4.07. The van der Waals surface area contributed by atoms with Gasteiger partial charge in [-0.1, -0.05) is 12.1 Å². The summed E-state index contributed by atoms with van der Waals surface area (Å²) in [6.45, 7) is 4.11. The molecule has 1 aromatic heterocycles. The Morgan fingerprint density at radius 3 is 3.25 bits per heavy atom. The average molecular weight is 286 g/mol. The van der Waals surface area contributed by atoms with Gasteiger partial charge in [0.2, 0.25) is 0 Å². The summed E-state index contributed by atoms with van der Waals surface area (Å²) in [6.07, 6.45) is 1.43. The first kappa shape index (κ1) is 12.2. The van der Waals surface area contributed by atoms with Gasteiger partial charge in [-0.05, 0) is 35.6 Å². The lowest BCUT2D eigenvalue weighted by atomic mass is 10.1. The van der Waals surface area contributed by atoms with E-state index in [1.165, 1.54) is 12.0 Å². The number of nitrogens with one attached hydrogen (secondary N) is 1. The summed E-state index contributed by atoms with van der Waals surface area (Å²) in [5.41, 5.74) is 2.62. The highest BCUT2D eigenvalue weighted by Crippen LogP contribution is 2.29. The maximum Gasteiger partial charge on any atom is 0.142 e. The molecule has 1 atom stereocenters. The number of hydrogen-bond donors (Lipinski definition) is 1. The van der Waals surface area contributed by atoms with Crippen LogP contribution < -0.4 is 10.1 Å². The summed E-state index contributed by atoms with van der Waals surface area (Å²) in [7, 11) is 0. The summed E-state index contributed by atoms with van der Waals surface area (Å²) in [5, 5.41) is 5.68. The van der Waals surface area contributed by atoms with Gasteiger partial charge in [-0.2, -0.15) is 0 Å². The minimum absolute atomic E-state index is 0.241. The lowest BCUT2D eigenvalue weighted by molar-refractivity contribution is 0.128. The van der Waals surface area contributed by atoms with Crippen molar-refractivity contribution in [2.24, 2.45) is 0 Å². The molecule has 2 aliphatic rings. The van der Waals surface area contributed by atoms with E-state index in [0.717, 1.165) is 37.6 Å². The van der Waals surface area contributed by atoms with E-state index < -0.39 is 0 Å². The largest absolute Gasteiger partial charge is 0.485 e. The van der Waals surface area contributed by atoms with Gasteiger partial charge in [-0.15, -0.1) is 11.3 Å². The molecular weight excluding hydrogens is 268 g/mol. The third-order valence-electron chi connectivity index (χ3n) is 4.05. The molecule has 1 N–H and O–H groups in total. The standard InChI is InChI=1S/C16H18N2OS/c1-2-4-15-14(3-1)17-9-13(19-15)11-18-7-5-16-12(10-18)6-8-20-16/h1-4,6,8,13,17H,5,7,9-11H2. The van der Waals surface area contributed by atoms with E-state index >= 15 is 0 Å². The summed E-state index contributed by atoms with van der Waals surface area (Å²) in [6, 6.07) is 10.5. The molecule has 0 bridgehead atoms. The fourth-order valence-electron chi connectivity index (χ4n) is 3.01. The fraction of sp³-hybridized carbons (Fsp3) is 0.375. The number of para-hydroxylation sites is 2. The topological polar surface area (TPSA) is 24.5 Å². The van der Waals surface area contributed by atoms with Crippen LogP contribution in [-0.4, -0.2) is 30.6 Å². The van der Waals surface area contributed by atoms with E-state index in [-0.39, 0.29) is 6.10 Å². The van der Waals surface area contributed by atoms with Crippen molar-refractivity contribution in [1.82, 2.24) is 4.90 Å². The number of hydrogen-bond acceptors (Lipinski definition) is 4. The number of benzene rings is 1. The maximum absolute atomic E-state index is 6.10. The van der Waals surface area contributed by atoms with Crippen molar-refractivity contribution >= 4 is 17.0 Å².